The van der Waals surface area contributed by atoms with E-state index in [0.717, 1.165) is 10.5 Å². The minimum Gasteiger partial charge on any atom is -0.321 e. The number of nitrogens with zero attached hydrogens (tertiary/aromatic N) is 2. The van der Waals surface area contributed by atoms with Crippen LogP contribution in [0.15, 0.2) is 114 Å². The molecule has 2 heterocycles. The number of nitrogens with one attached hydrogen (secondary N) is 2. The van der Waals surface area contributed by atoms with Crippen molar-refractivity contribution in [3.8, 4) is 0 Å². The zero-order chi connectivity index (χ0) is 30.3. The molecule has 4 amide bonds. The van der Waals surface area contributed by atoms with Crippen LogP contribution in [0.4, 0.5) is 11.4 Å². The zero-order valence-electron chi connectivity index (χ0n) is 23.7. The second-order valence-electron chi connectivity index (χ2n) is 10.3. The van der Waals surface area contributed by atoms with Crippen LogP contribution in [0.5, 0.6) is 0 Å². The SMILES string of the molecule is CC(C)c1ccc(N2C(=O)CC(Sc3ccc(NC(=O)/C(=C/c4cccnc4)NC(=O)c4ccccc4)cc3)C2=O)cc1. The highest BCUT2D eigenvalue weighted by Gasteiger charge is 2.40. The van der Waals surface area contributed by atoms with Crippen LogP contribution in [-0.2, 0) is 14.4 Å². The first-order valence-corrected chi connectivity index (χ1v) is 14.7. The monoisotopic (exact) mass is 590 g/mol. The van der Waals surface area contributed by atoms with E-state index in [1.54, 1.807) is 85.2 Å². The molecule has 1 aliphatic heterocycles. The minimum absolute atomic E-state index is 0.0527. The smallest absolute Gasteiger partial charge is 0.272 e. The number of benzene rings is 3. The Balaban J connectivity index is 1.25. The van der Waals surface area contributed by atoms with Gasteiger partial charge in [0.15, 0.2) is 0 Å². The molecule has 3 aromatic carbocycles. The van der Waals surface area contributed by atoms with E-state index < -0.39 is 17.1 Å². The summed E-state index contributed by atoms with van der Waals surface area (Å²) in [6.45, 7) is 4.18. The number of pyridine rings is 1. The molecule has 0 saturated carbocycles. The highest BCUT2D eigenvalue weighted by molar-refractivity contribution is 8.00. The van der Waals surface area contributed by atoms with Crippen LogP contribution in [0.2, 0.25) is 0 Å². The molecule has 1 saturated heterocycles. The van der Waals surface area contributed by atoms with E-state index in [9.17, 15) is 19.2 Å². The average molecular weight is 591 g/mol. The molecule has 0 spiro atoms. The summed E-state index contributed by atoms with van der Waals surface area (Å²) in [5, 5.41) is 4.97. The number of imide groups is 1. The van der Waals surface area contributed by atoms with Crippen LogP contribution in [0, 0.1) is 0 Å². The molecule has 1 aliphatic rings. The topological polar surface area (TPSA) is 108 Å². The van der Waals surface area contributed by atoms with E-state index in [-0.39, 0.29) is 23.9 Å². The second kappa shape index (κ2) is 13.3. The largest absolute Gasteiger partial charge is 0.321 e. The number of hydrogen-bond donors (Lipinski definition) is 2. The maximum atomic E-state index is 13.2. The van der Waals surface area contributed by atoms with Crippen molar-refractivity contribution in [2.45, 2.75) is 36.3 Å². The highest BCUT2D eigenvalue weighted by Crippen LogP contribution is 2.35. The van der Waals surface area contributed by atoms with Crippen molar-refractivity contribution in [2.24, 2.45) is 0 Å². The van der Waals surface area contributed by atoms with Gasteiger partial charge in [0, 0.05) is 35.0 Å². The lowest BCUT2D eigenvalue weighted by Crippen LogP contribution is -2.31. The number of thioether (sulfide) groups is 1. The van der Waals surface area contributed by atoms with E-state index in [1.807, 2.05) is 24.3 Å². The standard InChI is InChI=1S/C34H30N4O4S/c1-22(2)24-10-14-27(15-11-24)38-31(39)20-30(34(38)42)43-28-16-12-26(13-17-28)36-33(41)29(19-23-7-6-18-35-21-23)37-32(40)25-8-4-3-5-9-25/h3-19,21-22,30H,20H2,1-2H3,(H,36,41)(H,37,40)/b29-19-. The van der Waals surface area contributed by atoms with Gasteiger partial charge in [0.05, 0.1) is 10.9 Å². The number of rotatable bonds is 9. The van der Waals surface area contributed by atoms with Crippen LogP contribution in [-0.4, -0.2) is 33.9 Å². The summed E-state index contributed by atoms with van der Waals surface area (Å²) < 4.78 is 0. The Bertz CT molecular complexity index is 1650. The van der Waals surface area contributed by atoms with Crippen LogP contribution in [0.25, 0.3) is 6.08 Å². The van der Waals surface area contributed by atoms with Crippen molar-refractivity contribution in [3.63, 3.8) is 0 Å². The predicted molar refractivity (Wildman–Crippen MR) is 168 cm³/mol. The molecule has 1 atom stereocenters. The summed E-state index contributed by atoms with van der Waals surface area (Å²) in [4.78, 5) is 58.1. The predicted octanol–water partition coefficient (Wildman–Crippen LogP) is 6.04. The van der Waals surface area contributed by atoms with Gasteiger partial charge >= 0.3 is 0 Å². The maximum Gasteiger partial charge on any atom is 0.272 e. The summed E-state index contributed by atoms with van der Waals surface area (Å²) >= 11 is 1.31. The van der Waals surface area contributed by atoms with Crippen LogP contribution in [0.3, 0.4) is 0 Å². The fraction of sp³-hybridized carbons (Fsp3) is 0.147. The van der Waals surface area contributed by atoms with Crippen molar-refractivity contribution in [2.75, 3.05) is 10.2 Å². The van der Waals surface area contributed by atoms with Gasteiger partial charge in [0.25, 0.3) is 11.8 Å². The van der Waals surface area contributed by atoms with Gasteiger partial charge < -0.3 is 10.6 Å². The summed E-state index contributed by atoms with van der Waals surface area (Å²) in [7, 11) is 0. The minimum atomic E-state index is -0.542. The number of amides is 4. The fourth-order valence-corrected chi connectivity index (χ4v) is 5.58. The Hall–Kier alpha value is -5.02. The van der Waals surface area contributed by atoms with Crippen molar-refractivity contribution < 1.29 is 19.2 Å². The van der Waals surface area contributed by atoms with Crippen molar-refractivity contribution in [1.82, 2.24) is 10.3 Å². The Morgan fingerprint density at radius 3 is 2.30 bits per heavy atom. The van der Waals surface area contributed by atoms with Crippen LogP contribution >= 0.6 is 11.8 Å². The molecule has 43 heavy (non-hydrogen) atoms. The molecule has 8 nitrogen and oxygen atoms in total. The lowest BCUT2D eigenvalue weighted by atomic mass is 10.0. The van der Waals surface area contributed by atoms with Gasteiger partial charge in [-0.15, -0.1) is 11.8 Å². The quantitative estimate of drug-likeness (QED) is 0.182. The van der Waals surface area contributed by atoms with E-state index in [0.29, 0.717) is 28.4 Å². The van der Waals surface area contributed by atoms with Crippen molar-refractivity contribution in [1.29, 1.82) is 0 Å². The van der Waals surface area contributed by atoms with Gasteiger partial charge in [-0.1, -0.05) is 50.2 Å². The Morgan fingerprint density at radius 2 is 1.65 bits per heavy atom. The van der Waals surface area contributed by atoms with Crippen molar-refractivity contribution in [3.05, 3.63) is 126 Å². The first-order valence-electron chi connectivity index (χ1n) is 13.8. The molecule has 4 aromatic rings. The van der Waals surface area contributed by atoms with Gasteiger partial charge in [0.1, 0.15) is 5.70 Å². The Kier molecular flexibility index (Phi) is 9.12. The Morgan fingerprint density at radius 1 is 0.930 bits per heavy atom. The number of carbonyl (C=O) groups is 4. The number of hydrogen-bond acceptors (Lipinski definition) is 6. The second-order valence-corrected chi connectivity index (χ2v) is 11.5. The van der Waals surface area contributed by atoms with E-state index in [1.165, 1.54) is 16.7 Å². The summed E-state index contributed by atoms with van der Waals surface area (Å²) in [6, 6.07) is 26.6. The van der Waals surface area contributed by atoms with Gasteiger partial charge in [-0.3, -0.25) is 24.2 Å². The van der Waals surface area contributed by atoms with Crippen LogP contribution < -0.4 is 15.5 Å². The molecule has 0 bridgehead atoms. The molecule has 1 unspecified atom stereocenters. The molecular formula is C34H30N4O4S. The van der Waals surface area contributed by atoms with Gasteiger partial charge in [-0.25, -0.2) is 4.90 Å². The maximum absolute atomic E-state index is 13.2. The molecule has 9 heteroatoms. The third kappa shape index (κ3) is 7.25. The first-order chi connectivity index (χ1) is 20.8. The molecule has 216 valence electrons. The number of carbonyl (C=O) groups excluding carboxylic acids is 4. The third-order valence-corrected chi connectivity index (χ3v) is 8.04. The lowest BCUT2D eigenvalue weighted by Gasteiger charge is -2.16. The highest BCUT2D eigenvalue weighted by atomic mass is 32.2. The average Bonchev–Trinajstić information content (AvgIpc) is 3.30. The normalized spacial score (nSPS) is 15.1. The molecule has 2 N–H and O–H groups in total. The summed E-state index contributed by atoms with van der Waals surface area (Å²) in [5.74, 6) is -1.05. The van der Waals surface area contributed by atoms with Crippen LogP contribution in [0.1, 0.15) is 47.7 Å². The summed E-state index contributed by atoms with van der Waals surface area (Å²) in [6.07, 6.45) is 4.87. The van der Waals surface area contributed by atoms with Gasteiger partial charge in [0.2, 0.25) is 11.8 Å². The first kappa shape index (κ1) is 29.5. The molecule has 1 aromatic heterocycles. The van der Waals surface area contributed by atoms with Crippen molar-refractivity contribution >= 4 is 52.8 Å². The molecule has 0 aliphatic carbocycles. The number of aromatic nitrogens is 1. The fourth-order valence-electron chi connectivity index (χ4n) is 4.53. The van der Waals surface area contributed by atoms with E-state index >= 15 is 0 Å². The Labute approximate surface area is 254 Å². The van der Waals surface area contributed by atoms with Gasteiger partial charge in [-0.2, -0.15) is 0 Å². The van der Waals surface area contributed by atoms with E-state index in [2.05, 4.69) is 29.5 Å². The molecular weight excluding hydrogens is 560 g/mol. The number of anilines is 2. The zero-order valence-corrected chi connectivity index (χ0v) is 24.5. The third-order valence-electron chi connectivity index (χ3n) is 6.84. The summed E-state index contributed by atoms with van der Waals surface area (Å²) in [5.41, 5.74) is 3.33. The molecule has 5 rings (SSSR count). The lowest BCUT2D eigenvalue weighted by molar-refractivity contribution is -0.121. The van der Waals surface area contributed by atoms with Gasteiger partial charge in [-0.05, 0) is 77.7 Å². The van der Waals surface area contributed by atoms with E-state index in [4.69, 9.17) is 0 Å². The molecule has 1 fully saturated rings. The molecule has 0 radical (unpaired) electrons.